The number of hydrogen-bond donors (Lipinski definition) is 2. The summed E-state index contributed by atoms with van der Waals surface area (Å²) in [7, 11) is 0. The molecule has 1 rings (SSSR count). The van der Waals surface area contributed by atoms with Crippen molar-refractivity contribution >= 4 is 16.8 Å². The van der Waals surface area contributed by atoms with Crippen LogP contribution in [0.3, 0.4) is 0 Å². The molecule has 0 aromatic heterocycles. The van der Waals surface area contributed by atoms with E-state index in [1.54, 1.807) is 0 Å². The second-order valence-electron chi connectivity index (χ2n) is 2.46. The van der Waals surface area contributed by atoms with Gasteiger partial charge in [-0.05, 0) is 18.6 Å². The third-order valence-corrected chi connectivity index (χ3v) is 1.92. The highest BCUT2D eigenvalue weighted by atomic mass is 32.2. The van der Waals surface area contributed by atoms with Gasteiger partial charge in [0.2, 0.25) is 0 Å². The Bertz CT molecular complexity index is 288. The standard InChI is InChI=1S/C8H11NO2S/c1-7-4-2-3-5-8(7)9-6-12(10)11/h2-5,9H,6H2,1H3,(H,10,11). The summed E-state index contributed by atoms with van der Waals surface area (Å²) in [5, 5.41) is 2.86. The first-order valence-electron chi connectivity index (χ1n) is 3.57. The van der Waals surface area contributed by atoms with Crippen LogP contribution in [0.25, 0.3) is 0 Å². The number of rotatable bonds is 3. The van der Waals surface area contributed by atoms with Crippen molar-refractivity contribution in [1.82, 2.24) is 0 Å². The number of para-hydroxylation sites is 1. The maximum atomic E-state index is 10.3. The molecule has 0 fully saturated rings. The average Bonchev–Trinajstić information content (AvgIpc) is 2.03. The topological polar surface area (TPSA) is 49.3 Å². The zero-order valence-corrected chi connectivity index (χ0v) is 7.60. The fraction of sp³-hybridized carbons (Fsp3) is 0.250. The van der Waals surface area contributed by atoms with Crippen LogP contribution >= 0.6 is 0 Å². The molecule has 1 atom stereocenters. The molecule has 0 radical (unpaired) electrons. The van der Waals surface area contributed by atoms with Crippen LogP contribution in [0.4, 0.5) is 5.69 Å². The van der Waals surface area contributed by atoms with Crippen LogP contribution in [0, 0.1) is 6.92 Å². The summed E-state index contributed by atoms with van der Waals surface area (Å²) in [6.45, 7) is 1.95. The molecule has 0 spiro atoms. The van der Waals surface area contributed by atoms with Crippen LogP contribution in [0.1, 0.15) is 5.56 Å². The van der Waals surface area contributed by atoms with Crippen LogP contribution < -0.4 is 5.32 Å². The first kappa shape index (κ1) is 9.22. The zero-order valence-electron chi connectivity index (χ0n) is 6.78. The van der Waals surface area contributed by atoms with Gasteiger partial charge < -0.3 is 9.87 Å². The van der Waals surface area contributed by atoms with Crippen LogP contribution in [0.5, 0.6) is 0 Å². The van der Waals surface area contributed by atoms with Gasteiger partial charge in [-0.1, -0.05) is 18.2 Å². The minimum Gasteiger partial charge on any atom is -0.371 e. The summed E-state index contributed by atoms with van der Waals surface area (Å²) >= 11 is -1.79. The smallest absolute Gasteiger partial charge is 0.172 e. The van der Waals surface area contributed by atoms with Gasteiger partial charge in [-0.2, -0.15) is 0 Å². The maximum Gasteiger partial charge on any atom is 0.172 e. The molecule has 2 N–H and O–H groups in total. The lowest BCUT2D eigenvalue weighted by Crippen LogP contribution is -2.07. The summed E-state index contributed by atoms with van der Waals surface area (Å²) in [6.07, 6.45) is 0. The Kier molecular flexibility index (Phi) is 3.25. The summed E-state index contributed by atoms with van der Waals surface area (Å²) in [5.74, 6) is 0.0743. The molecule has 0 heterocycles. The lowest BCUT2D eigenvalue weighted by molar-refractivity contribution is 0.566. The van der Waals surface area contributed by atoms with Crippen molar-refractivity contribution in [2.24, 2.45) is 0 Å². The Morgan fingerprint density at radius 1 is 1.50 bits per heavy atom. The van der Waals surface area contributed by atoms with Gasteiger partial charge in [0.05, 0.1) is 0 Å². The van der Waals surface area contributed by atoms with Crippen molar-refractivity contribution in [3.63, 3.8) is 0 Å². The predicted octanol–water partition coefficient (Wildman–Crippen LogP) is 1.59. The summed E-state index contributed by atoms with van der Waals surface area (Å²) in [4.78, 5) is 0. The molecule has 1 aromatic carbocycles. The fourth-order valence-corrected chi connectivity index (χ4v) is 1.19. The first-order valence-corrected chi connectivity index (χ1v) is 4.84. The average molecular weight is 185 g/mol. The van der Waals surface area contributed by atoms with Crippen molar-refractivity contribution < 1.29 is 8.76 Å². The van der Waals surface area contributed by atoms with Gasteiger partial charge >= 0.3 is 0 Å². The molecule has 3 nitrogen and oxygen atoms in total. The van der Waals surface area contributed by atoms with E-state index in [1.807, 2.05) is 31.2 Å². The largest absolute Gasteiger partial charge is 0.371 e. The zero-order chi connectivity index (χ0) is 8.97. The van der Waals surface area contributed by atoms with E-state index in [0.29, 0.717) is 0 Å². The Morgan fingerprint density at radius 2 is 2.17 bits per heavy atom. The van der Waals surface area contributed by atoms with Crippen molar-refractivity contribution in [3.8, 4) is 0 Å². The Labute approximate surface area is 74.1 Å². The van der Waals surface area contributed by atoms with Gasteiger partial charge in [0.25, 0.3) is 0 Å². The minimum absolute atomic E-state index is 0.0743. The third kappa shape index (κ3) is 2.64. The van der Waals surface area contributed by atoms with Crippen LogP contribution in [0.15, 0.2) is 24.3 Å². The van der Waals surface area contributed by atoms with Gasteiger partial charge in [0, 0.05) is 5.69 Å². The molecular formula is C8H11NO2S. The van der Waals surface area contributed by atoms with E-state index >= 15 is 0 Å². The molecule has 0 aliphatic carbocycles. The van der Waals surface area contributed by atoms with Gasteiger partial charge in [-0.15, -0.1) is 0 Å². The van der Waals surface area contributed by atoms with Gasteiger partial charge in [0.1, 0.15) is 5.88 Å². The second kappa shape index (κ2) is 4.23. The molecule has 1 aromatic rings. The Balaban J connectivity index is 2.63. The van der Waals surface area contributed by atoms with E-state index < -0.39 is 11.1 Å². The lowest BCUT2D eigenvalue weighted by Gasteiger charge is -2.05. The molecule has 0 saturated carbocycles. The molecule has 1 unspecified atom stereocenters. The summed E-state index contributed by atoms with van der Waals surface area (Å²) < 4.78 is 18.8. The van der Waals surface area contributed by atoms with Crippen LogP contribution in [0.2, 0.25) is 0 Å². The molecule has 0 amide bonds. The van der Waals surface area contributed by atoms with Gasteiger partial charge in [-0.3, -0.25) is 0 Å². The van der Waals surface area contributed by atoms with Gasteiger partial charge in [0.15, 0.2) is 11.1 Å². The van der Waals surface area contributed by atoms with E-state index in [0.717, 1.165) is 11.3 Å². The van der Waals surface area contributed by atoms with E-state index in [2.05, 4.69) is 5.32 Å². The first-order chi connectivity index (χ1) is 5.70. The van der Waals surface area contributed by atoms with E-state index in [1.165, 1.54) is 0 Å². The Hall–Kier alpha value is -0.870. The quantitative estimate of drug-likeness (QED) is 0.703. The number of benzene rings is 1. The highest BCUT2D eigenvalue weighted by molar-refractivity contribution is 7.79. The molecule has 0 aliphatic heterocycles. The molecule has 0 aliphatic rings. The van der Waals surface area contributed by atoms with Crippen molar-refractivity contribution in [2.75, 3.05) is 11.2 Å². The van der Waals surface area contributed by atoms with Crippen molar-refractivity contribution in [1.29, 1.82) is 0 Å². The number of hydrogen-bond acceptors (Lipinski definition) is 2. The van der Waals surface area contributed by atoms with Crippen LogP contribution in [-0.4, -0.2) is 14.6 Å². The molecule has 12 heavy (non-hydrogen) atoms. The third-order valence-electron chi connectivity index (χ3n) is 1.53. The molecule has 4 heteroatoms. The van der Waals surface area contributed by atoms with E-state index in [-0.39, 0.29) is 5.88 Å². The van der Waals surface area contributed by atoms with Gasteiger partial charge in [-0.25, -0.2) is 4.21 Å². The molecule has 0 saturated heterocycles. The fourth-order valence-electron chi connectivity index (χ4n) is 0.911. The highest BCUT2D eigenvalue weighted by Gasteiger charge is 1.96. The van der Waals surface area contributed by atoms with Crippen molar-refractivity contribution in [3.05, 3.63) is 29.8 Å². The number of aryl methyl sites for hydroxylation is 1. The normalized spacial score (nSPS) is 12.5. The Morgan fingerprint density at radius 3 is 2.75 bits per heavy atom. The van der Waals surface area contributed by atoms with Crippen molar-refractivity contribution in [2.45, 2.75) is 6.92 Å². The summed E-state index contributed by atoms with van der Waals surface area (Å²) in [6, 6.07) is 7.64. The minimum atomic E-state index is -1.79. The molecule has 66 valence electrons. The highest BCUT2D eigenvalue weighted by Crippen LogP contribution is 2.12. The summed E-state index contributed by atoms with van der Waals surface area (Å²) in [5.41, 5.74) is 1.97. The van der Waals surface area contributed by atoms with E-state index in [4.69, 9.17) is 4.55 Å². The lowest BCUT2D eigenvalue weighted by atomic mass is 10.2. The molecular weight excluding hydrogens is 174 g/mol. The maximum absolute atomic E-state index is 10.3. The predicted molar refractivity (Wildman–Crippen MR) is 50.4 cm³/mol. The SMILES string of the molecule is Cc1ccccc1NCS(=O)O. The number of anilines is 1. The van der Waals surface area contributed by atoms with Crippen LogP contribution in [-0.2, 0) is 11.1 Å². The number of nitrogens with one attached hydrogen (secondary N) is 1. The monoisotopic (exact) mass is 185 g/mol. The van der Waals surface area contributed by atoms with E-state index in [9.17, 15) is 4.21 Å². The second-order valence-corrected chi connectivity index (χ2v) is 3.39. The molecule has 0 bridgehead atoms.